The highest BCUT2D eigenvalue weighted by atomic mass is 35.5. The molecule has 4 rings (SSSR count). The van der Waals surface area contributed by atoms with Crippen LogP contribution in [0.15, 0.2) is 42.5 Å². The van der Waals surface area contributed by atoms with E-state index in [0.717, 1.165) is 0 Å². The molecule has 4 N–H and O–H groups in total. The summed E-state index contributed by atoms with van der Waals surface area (Å²) in [6.07, 6.45) is -1.38. The number of aliphatic hydroxyl groups is 1. The number of aliphatic hydroxyl groups excluding tert-OH is 1. The van der Waals surface area contributed by atoms with Gasteiger partial charge in [0.15, 0.2) is 11.9 Å². The summed E-state index contributed by atoms with van der Waals surface area (Å²) in [5.74, 6) is 0.232. The summed E-state index contributed by atoms with van der Waals surface area (Å²) in [6, 6.07) is 11.4. The lowest BCUT2D eigenvalue weighted by atomic mass is 10.1. The van der Waals surface area contributed by atoms with Crippen molar-refractivity contribution >= 4 is 51.6 Å². The van der Waals surface area contributed by atoms with E-state index in [-0.39, 0.29) is 0 Å². The van der Waals surface area contributed by atoms with E-state index in [1.54, 1.807) is 48.0 Å². The molecule has 158 valence electrons. The Balaban J connectivity index is 1.64. The summed E-state index contributed by atoms with van der Waals surface area (Å²) in [5.41, 5.74) is 9.33. The maximum absolute atomic E-state index is 12.4. The fourth-order valence-corrected chi connectivity index (χ4v) is 3.73. The van der Waals surface area contributed by atoms with E-state index in [0.29, 0.717) is 55.4 Å². The fraction of sp³-hybridized carbons (Fsp3) is 0.143. The van der Waals surface area contributed by atoms with Crippen molar-refractivity contribution in [1.82, 2.24) is 19.7 Å². The van der Waals surface area contributed by atoms with E-state index in [4.69, 9.17) is 28.9 Å². The van der Waals surface area contributed by atoms with Gasteiger partial charge >= 0.3 is 0 Å². The minimum Gasteiger partial charge on any atom is -0.382 e. The van der Waals surface area contributed by atoms with Crippen LogP contribution in [-0.2, 0) is 4.79 Å². The zero-order chi connectivity index (χ0) is 22.3. The van der Waals surface area contributed by atoms with E-state index in [9.17, 15) is 9.90 Å². The Morgan fingerprint density at radius 1 is 1.16 bits per heavy atom. The third-order valence-electron chi connectivity index (χ3n) is 4.68. The molecule has 0 aliphatic rings. The molecule has 0 aliphatic heterocycles. The standard InChI is InChI=1S/C21H18Cl2N6O2/c1-10-17-18(20(24)26-11(2)25-17)29(28-10)16-7-6-14(9-15(16)23)27-21(31)19(30)12-4-3-5-13(22)8-12/h3-9,19,30H,1-2H3,(H,27,31)(H2,24,25,26). The summed E-state index contributed by atoms with van der Waals surface area (Å²) < 4.78 is 1.58. The number of carbonyl (C=O) groups is 1. The van der Waals surface area contributed by atoms with E-state index >= 15 is 0 Å². The van der Waals surface area contributed by atoms with Gasteiger partial charge in [0.25, 0.3) is 5.91 Å². The van der Waals surface area contributed by atoms with Crippen molar-refractivity contribution in [3.8, 4) is 5.69 Å². The van der Waals surface area contributed by atoms with Gasteiger partial charge in [-0.3, -0.25) is 4.79 Å². The molecule has 1 unspecified atom stereocenters. The lowest BCUT2D eigenvalue weighted by Crippen LogP contribution is -2.20. The minimum absolute atomic E-state index is 0.293. The van der Waals surface area contributed by atoms with Crippen LogP contribution in [-0.4, -0.2) is 30.8 Å². The molecule has 1 amide bonds. The Hall–Kier alpha value is -3.20. The smallest absolute Gasteiger partial charge is 0.257 e. The number of benzene rings is 2. The number of amides is 1. The van der Waals surface area contributed by atoms with Crippen LogP contribution in [0.25, 0.3) is 16.7 Å². The number of nitrogens with two attached hydrogens (primary N) is 1. The van der Waals surface area contributed by atoms with Crippen LogP contribution in [0, 0.1) is 13.8 Å². The van der Waals surface area contributed by atoms with Crippen LogP contribution in [0.2, 0.25) is 10.0 Å². The quantitative estimate of drug-likeness (QED) is 0.426. The molecule has 0 spiro atoms. The third-order valence-corrected chi connectivity index (χ3v) is 5.22. The highest BCUT2D eigenvalue weighted by Gasteiger charge is 2.20. The van der Waals surface area contributed by atoms with Crippen LogP contribution in [0.3, 0.4) is 0 Å². The number of carbonyl (C=O) groups excluding carboxylic acids is 1. The molecular weight excluding hydrogens is 439 g/mol. The van der Waals surface area contributed by atoms with Crippen molar-refractivity contribution in [2.45, 2.75) is 20.0 Å². The molecule has 10 heteroatoms. The maximum Gasteiger partial charge on any atom is 0.257 e. The number of rotatable bonds is 4. The van der Waals surface area contributed by atoms with Gasteiger partial charge in [0.1, 0.15) is 16.9 Å². The number of hydrogen-bond acceptors (Lipinski definition) is 6. The summed E-state index contributed by atoms with van der Waals surface area (Å²) in [5, 5.41) is 18.2. The van der Waals surface area contributed by atoms with Crippen LogP contribution in [0.4, 0.5) is 11.5 Å². The number of nitrogen functional groups attached to an aromatic ring is 1. The first-order chi connectivity index (χ1) is 14.7. The van der Waals surface area contributed by atoms with E-state index in [1.165, 1.54) is 6.07 Å². The largest absolute Gasteiger partial charge is 0.382 e. The number of aromatic nitrogens is 4. The number of anilines is 2. The number of hydrogen-bond donors (Lipinski definition) is 3. The second-order valence-corrected chi connectivity index (χ2v) is 7.81. The Morgan fingerprint density at radius 2 is 1.94 bits per heavy atom. The van der Waals surface area contributed by atoms with Gasteiger partial charge in [0.2, 0.25) is 0 Å². The second-order valence-electron chi connectivity index (χ2n) is 6.96. The van der Waals surface area contributed by atoms with E-state index in [2.05, 4.69) is 20.4 Å². The summed E-state index contributed by atoms with van der Waals surface area (Å²) in [4.78, 5) is 21.1. The third kappa shape index (κ3) is 4.05. The molecule has 31 heavy (non-hydrogen) atoms. The molecule has 4 aromatic rings. The molecule has 0 radical (unpaired) electrons. The van der Waals surface area contributed by atoms with Crippen molar-refractivity contribution < 1.29 is 9.90 Å². The predicted octanol–water partition coefficient (Wildman–Crippen LogP) is 3.99. The van der Waals surface area contributed by atoms with Crippen LogP contribution >= 0.6 is 23.2 Å². The van der Waals surface area contributed by atoms with Crippen LogP contribution in [0.1, 0.15) is 23.2 Å². The zero-order valence-electron chi connectivity index (χ0n) is 16.6. The molecule has 0 fully saturated rings. The zero-order valence-corrected chi connectivity index (χ0v) is 18.1. The van der Waals surface area contributed by atoms with E-state index < -0.39 is 12.0 Å². The number of aryl methyl sites for hydroxylation is 2. The Kier molecular flexibility index (Phi) is 5.53. The highest BCUT2D eigenvalue weighted by molar-refractivity contribution is 6.33. The molecule has 0 bridgehead atoms. The molecule has 2 aromatic carbocycles. The Morgan fingerprint density at radius 3 is 2.65 bits per heavy atom. The van der Waals surface area contributed by atoms with Gasteiger partial charge in [-0.15, -0.1) is 0 Å². The van der Waals surface area contributed by atoms with Crippen LogP contribution in [0.5, 0.6) is 0 Å². The van der Waals surface area contributed by atoms with Gasteiger partial charge in [0.05, 0.1) is 16.4 Å². The normalized spacial score (nSPS) is 12.2. The van der Waals surface area contributed by atoms with Gasteiger partial charge in [-0.25, -0.2) is 14.6 Å². The molecule has 0 aliphatic carbocycles. The highest BCUT2D eigenvalue weighted by Crippen LogP contribution is 2.30. The van der Waals surface area contributed by atoms with Crippen molar-refractivity contribution in [3.05, 3.63) is 69.6 Å². The fourth-order valence-electron chi connectivity index (χ4n) is 3.27. The van der Waals surface area contributed by atoms with Gasteiger partial charge < -0.3 is 16.2 Å². The first kappa shape index (κ1) is 21.0. The van der Waals surface area contributed by atoms with Gasteiger partial charge in [0, 0.05) is 10.7 Å². The average molecular weight is 457 g/mol. The molecular formula is C21H18Cl2N6O2. The molecule has 0 saturated carbocycles. The number of halogens is 2. The SMILES string of the molecule is Cc1nc(N)c2c(n1)c(C)nn2-c1ccc(NC(=O)C(O)c2cccc(Cl)c2)cc1Cl. The van der Waals surface area contributed by atoms with Crippen molar-refractivity contribution in [3.63, 3.8) is 0 Å². The Labute approximate surface area is 187 Å². The summed E-state index contributed by atoms with van der Waals surface area (Å²) >= 11 is 12.4. The minimum atomic E-state index is -1.38. The molecule has 2 heterocycles. The summed E-state index contributed by atoms with van der Waals surface area (Å²) in [7, 11) is 0. The maximum atomic E-state index is 12.4. The van der Waals surface area contributed by atoms with Crippen molar-refractivity contribution in [1.29, 1.82) is 0 Å². The molecule has 2 aromatic heterocycles. The molecule has 1 atom stereocenters. The van der Waals surface area contributed by atoms with Gasteiger partial charge in [-0.1, -0.05) is 35.3 Å². The second kappa shape index (κ2) is 8.14. The van der Waals surface area contributed by atoms with Gasteiger partial charge in [-0.2, -0.15) is 5.10 Å². The predicted molar refractivity (Wildman–Crippen MR) is 121 cm³/mol. The molecule has 0 saturated heterocycles. The lowest BCUT2D eigenvalue weighted by molar-refractivity contribution is -0.124. The first-order valence-electron chi connectivity index (χ1n) is 9.28. The van der Waals surface area contributed by atoms with Crippen molar-refractivity contribution in [2.24, 2.45) is 0 Å². The van der Waals surface area contributed by atoms with Gasteiger partial charge in [-0.05, 0) is 49.7 Å². The lowest BCUT2D eigenvalue weighted by Gasteiger charge is -2.13. The molecule has 8 nitrogen and oxygen atoms in total. The summed E-state index contributed by atoms with van der Waals surface area (Å²) in [6.45, 7) is 3.58. The number of fused-ring (bicyclic) bond motifs is 1. The number of nitrogens with zero attached hydrogens (tertiary/aromatic N) is 4. The van der Waals surface area contributed by atoms with Crippen molar-refractivity contribution in [2.75, 3.05) is 11.1 Å². The topological polar surface area (TPSA) is 119 Å². The van der Waals surface area contributed by atoms with Crippen LogP contribution < -0.4 is 11.1 Å². The van der Waals surface area contributed by atoms with E-state index in [1.807, 2.05) is 6.92 Å². The number of nitrogens with one attached hydrogen (secondary N) is 1. The first-order valence-corrected chi connectivity index (χ1v) is 10.0. The Bertz CT molecular complexity index is 1320. The average Bonchev–Trinajstić information content (AvgIpc) is 3.04. The monoisotopic (exact) mass is 456 g/mol.